The van der Waals surface area contributed by atoms with Gasteiger partial charge in [0.15, 0.2) is 0 Å². The van der Waals surface area contributed by atoms with Crippen molar-refractivity contribution >= 4 is 5.69 Å². The number of nitrogens with zero attached hydrogens (tertiary/aromatic N) is 1. The van der Waals surface area contributed by atoms with Crippen molar-refractivity contribution in [1.29, 1.82) is 0 Å². The van der Waals surface area contributed by atoms with Crippen molar-refractivity contribution in [3.63, 3.8) is 0 Å². The van der Waals surface area contributed by atoms with Gasteiger partial charge in [-0.2, -0.15) is 8.78 Å². The molecule has 6 heteroatoms. The van der Waals surface area contributed by atoms with Crippen LogP contribution < -0.4 is 4.74 Å². The van der Waals surface area contributed by atoms with Crippen LogP contribution in [0.3, 0.4) is 0 Å². The van der Waals surface area contributed by atoms with Crippen molar-refractivity contribution in [2.24, 2.45) is 0 Å². The number of rotatable bonds is 3. The second-order valence-corrected chi connectivity index (χ2v) is 3.16. The molecule has 0 heterocycles. The Hall–Kier alpha value is -1.72. The van der Waals surface area contributed by atoms with Crippen molar-refractivity contribution in [2.45, 2.75) is 20.0 Å². The zero-order valence-electron chi connectivity index (χ0n) is 8.16. The molecule has 0 N–H and O–H groups in total. The fraction of sp³-hybridized carbons (Fsp3) is 0.333. The molecular formula is C9H9F2NO3. The Morgan fingerprint density at radius 2 is 1.80 bits per heavy atom. The van der Waals surface area contributed by atoms with Gasteiger partial charge in [-0.3, -0.25) is 10.1 Å². The van der Waals surface area contributed by atoms with Crippen LogP contribution in [0.15, 0.2) is 12.1 Å². The van der Waals surface area contributed by atoms with Crippen LogP contribution >= 0.6 is 0 Å². The maximum atomic E-state index is 13.1. The van der Waals surface area contributed by atoms with Gasteiger partial charge in [0, 0.05) is 12.1 Å². The largest absolute Gasteiger partial charge is 0.491 e. The summed E-state index contributed by atoms with van der Waals surface area (Å²) in [5, 5.41) is 10.3. The molecule has 0 fully saturated rings. The fourth-order valence-electron chi connectivity index (χ4n) is 1.06. The second kappa shape index (κ2) is 4.20. The minimum Gasteiger partial charge on any atom is -0.491 e. The average Bonchev–Trinajstić information content (AvgIpc) is 1.99. The van der Waals surface area contributed by atoms with Crippen LogP contribution in [0.25, 0.3) is 0 Å². The summed E-state index contributed by atoms with van der Waals surface area (Å²) >= 11 is 0. The molecule has 0 aliphatic heterocycles. The van der Waals surface area contributed by atoms with Crippen LogP contribution in [-0.2, 0) is 0 Å². The Kier molecular flexibility index (Phi) is 3.18. The Bertz CT molecular complexity index is 370. The Morgan fingerprint density at radius 3 is 2.13 bits per heavy atom. The molecular weight excluding hydrogens is 208 g/mol. The molecule has 0 aliphatic carbocycles. The van der Waals surface area contributed by atoms with Crippen molar-refractivity contribution in [3.05, 3.63) is 33.9 Å². The van der Waals surface area contributed by atoms with Gasteiger partial charge in [-0.1, -0.05) is 0 Å². The molecule has 1 aromatic rings. The highest BCUT2D eigenvalue weighted by molar-refractivity contribution is 5.39. The molecule has 82 valence electrons. The van der Waals surface area contributed by atoms with E-state index in [0.717, 1.165) is 12.1 Å². The smallest absolute Gasteiger partial charge is 0.340 e. The molecule has 0 bridgehead atoms. The monoisotopic (exact) mass is 217 g/mol. The number of hydrogen-bond acceptors (Lipinski definition) is 3. The van der Waals surface area contributed by atoms with Crippen LogP contribution in [0.2, 0.25) is 0 Å². The molecule has 0 spiro atoms. The lowest BCUT2D eigenvalue weighted by atomic mass is 10.2. The summed E-state index contributed by atoms with van der Waals surface area (Å²) in [6.45, 7) is 3.36. The minimum atomic E-state index is -1.24. The van der Waals surface area contributed by atoms with Crippen molar-refractivity contribution in [3.8, 4) is 5.75 Å². The molecule has 0 unspecified atom stereocenters. The van der Waals surface area contributed by atoms with Gasteiger partial charge in [0.05, 0.1) is 11.0 Å². The van der Waals surface area contributed by atoms with Crippen LogP contribution in [-0.4, -0.2) is 11.0 Å². The highest BCUT2D eigenvalue weighted by Gasteiger charge is 2.22. The van der Waals surface area contributed by atoms with Crippen molar-refractivity contribution < 1.29 is 18.4 Å². The summed E-state index contributed by atoms with van der Waals surface area (Å²) in [6.07, 6.45) is -0.259. The SMILES string of the molecule is CC(C)Oc1cc(F)c([N+](=O)[O-])c(F)c1. The number of nitro groups is 1. The molecule has 0 saturated heterocycles. The number of hydrogen-bond donors (Lipinski definition) is 0. The number of ether oxygens (including phenoxy) is 1. The van der Waals surface area contributed by atoms with Crippen LogP contribution in [0.1, 0.15) is 13.8 Å². The normalized spacial score (nSPS) is 10.5. The zero-order chi connectivity index (χ0) is 11.6. The maximum absolute atomic E-state index is 13.1. The summed E-state index contributed by atoms with van der Waals surface area (Å²) in [5.74, 6) is -2.54. The van der Waals surface area contributed by atoms with Gasteiger partial charge in [-0.05, 0) is 13.8 Å². The zero-order valence-corrected chi connectivity index (χ0v) is 8.16. The Labute approximate surface area is 84.6 Å². The molecule has 0 aromatic heterocycles. The molecule has 0 atom stereocenters. The second-order valence-electron chi connectivity index (χ2n) is 3.16. The van der Waals surface area contributed by atoms with Gasteiger partial charge in [0.1, 0.15) is 5.75 Å². The summed E-state index contributed by atoms with van der Waals surface area (Å²) in [7, 11) is 0. The fourth-order valence-corrected chi connectivity index (χ4v) is 1.06. The van der Waals surface area contributed by atoms with Crippen molar-refractivity contribution in [2.75, 3.05) is 0 Å². The number of halogens is 2. The third kappa shape index (κ3) is 2.61. The predicted octanol–water partition coefficient (Wildman–Crippen LogP) is 2.66. The molecule has 4 nitrogen and oxygen atoms in total. The van der Waals surface area contributed by atoms with E-state index in [-0.39, 0.29) is 11.9 Å². The molecule has 1 aromatic carbocycles. The van der Waals surface area contributed by atoms with E-state index < -0.39 is 22.2 Å². The van der Waals surface area contributed by atoms with E-state index >= 15 is 0 Å². The highest BCUT2D eigenvalue weighted by Crippen LogP contribution is 2.26. The van der Waals surface area contributed by atoms with E-state index in [9.17, 15) is 18.9 Å². The first-order valence-electron chi connectivity index (χ1n) is 4.22. The van der Waals surface area contributed by atoms with Gasteiger partial charge >= 0.3 is 5.69 Å². The lowest BCUT2D eigenvalue weighted by molar-refractivity contribution is -0.390. The van der Waals surface area contributed by atoms with Crippen LogP contribution in [0.5, 0.6) is 5.75 Å². The first-order valence-corrected chi connectivity index (χ1v) is 4.22. The van der Waals surface area contributed by atoms with Gasteiger partial charge in [-0.25, -0.2) is 0 Å². The maximum Gasteiger partial charge on any atom is 0.340 e. The third-order valence-electron chi connectivity index (χ3n) is 1.54. The number of nitro benzene ring substituents is 1. The predicted molar refractivity (Wildman–Crippen MR) is 48.8 cm³/mol. The molecule has 0 saturated carbocycles. The van der Waals surface area contributed by atoms with Crippen molar-refractivity contribution in [1.82, 2.24) is 0 Å². The van der Waals surface area contributed by atoms with E-state index in [4.69, 9.17) is 4.74 Å². The van der Waals surface area contributed by atoms with E-state index in [0.29, 0.717) is 0 Å². The number of benzene rings is 1. The molecule has 0 aliphatic rings. The quantitative estimate of drug-likeness (QED) is 0.577. The molecule has 0 radical (unpaired) electrons. The third-order valence-corrected chi connectivity index (χ3v) is 1.54. The standard InChI is InChI=1S/C9H9F2NO3/c1-5(2)15-6-3-7(10)9(12(13)14)8(11)4-6/h3-5H,1-2H3. The molecule has 0 amide bonds. The van der Waals surface area contributed by atoms with Gasteiger partial charge in [0.2, 0.25) is 11.6 Å². The Balaban J connectivity index is 3.14. The van der Waals surface area contributed by atoms with Crippen LogP contribution in [0, 0.1) is 21.7 Å². The lowest BCUT2D eigenvalue weighted by Crippen LogP contribution is -2.07. The van der Waals surface area contributed by atoms with Crippen LogP contribution in [0.4, 0.5) is 14.5 Å². The topological polar surface area (TPSA) is 52.4 Å². The minimum absolute atomic E-state index is 0.0643. The first kappa shape index (κ1) is 11.4. The summed E-state index contributed by atoms with van der Waals surface area (Å²) in [4.78, 5) is 9.15. The van der Waals surface area contributed by atoms with Gasteiger partial charge in [-0.15, -0.1) is 0 Å². The van der Waals surface area contributed by atoms with E-state index in [2.05, 4.69) is 0 Å². The van der Waals surface area contributed by atoms with Gasteiger partial charge in [0.25, 0.3) is 0 Å². The highest BCUT2D eigenvalue weighted by atomic mass is 19.1. The van der Waals surface area contributed by atoms with E-state index in [1.54, 1.807) is 13.8 Å². The summed E-state index contributed by atoms with van der Waals surface area (Å²) in [6, 6.07) is 1.59. The first-order chi connectivity index (χ1) is 6.91. The molecule has 15 heavy (non-hydrogen) atoms. The molecule has 1 rings (SSSR count). The average molecular weight is 217 g/mol. The Morgan fingerprint density at radius 1 is 1.33 bits per heavy atom. The van der Waals surface area contributed by atoms with Gasteiger partial charge < -0.3 is 4.74 Å². The lowest BCUT2D eigenvalue weighted by Gasteiger charge is -2.09. The summed E-state index contributed by atoms with van der Waals surface area (Å²) < 4.78 is 31.1. The summed E-state index contributed by atoms with van der Waals surface area (Å²) in [5.41, 5.74) is -1.16. The van der Waals surface area contributed by atoms with E-state index in [1.807, 2.05) is 0 Å². The van der Waals surface area contributed by atoms with E-state index in [1.165, 1.54) is 0 Å².